The number of carboxylic acid groups (broad SMARTS) is 1. The topological polar surface area (TPSA) is 92.2 Å². The largest absolute Gasteiger partial charge is 0.492 e. The number of hydrogen-bond donors (Lipinski definition) is 1. The average Bonchev–Trinajstić information content (AvgIpc) is 3.33. The van der Waals surface area contributed by atoms with Crippen LogP contribution in [0.25, 0.3) is 10.2 Å². The van der Waals surface area contributed by atoms with Gasteiger partial charge in [-0.15, -0.1) is 0 Å². The first-order chi connectivity index (χ1) is 18.6. The van der Waals surface area contributed by atoms with Gasteiger partial charge in [-0.1, -0.05) is 41.7 Å². The summed E-state index contributed by atoms with van der Waals surface area (Å²) >= 11 is 1.58. The van der Waals surface area contributed by atoms with Crippen molar-refractivity contribution in [3.63, 3.8) is 0 Å². The first-order valence-electron chi connectivity index (χ1n) is 11.7. The van der Waals surface area contributed by atoms with Crippen LogP contribution in [-0.4, -0.2) is 53.8 Å². The monoisotopic (exact) mass is 559 g/mol. The molecule has 1 heterocycles. The maximum Gasteiger partial charge on any atom is 0.416 e. The van der Waals surface area contributed by atoms with Gasteiger partial charge in [0.15, 0.2) is 5.13 Å². The standard InChI is InChI=1S/C27H24F3N3O5S/c1-32(25-31-22-10-2-3-11-23(22)39-25)12-13-37-20-8-4-6-18(14-20)16-33(17-24(34)35)26(36)38-21-9-5-7-19(15-21)27(28,29)30/h2-11,14-15H,12-13,16-17H2,1H3,(H,34,35). The summed E-state index contributed by atoms with van der Waals surface area (Å²) < 4.78 is 50.9. The number of carbonyl (C=O) groups excluding carboxylic acids is 1. The summed E-state index contributed by atoms with van der Waals surface area (Å²) in [6, 6.07) is 18.4. The zero-order chi connectivity index (χ0) is 28.0. The van der Waals surface area contributed by atoms with E-state index in [9.17, 15) is 27.9 Å². The number of alkyl halides is 3. The van der Waals surface area contributed by atoms with Crippen LogP contribution in [0.1, 0.15) is 11.1 Å². The van der Waals surface area contributed by atoms with Crippen LogP contribution in [-0.2, 0) is 17.5 Å². The van der Waals surface area contributed by atoms with E-state index in [1.165, 1.54) is 6.07 Å². The molecule has 204 valence electrons. The van der Waals surface area contributed by atoms with Crippen molar-refractivity contribution in [1.82, 2.24) is 9.88 Å². The third kappa shape index (κ3) is 7.60. The average molecular weight is 560 g/mol. The first-order valence-corrected chi connectivity index (χ1v) is 12.5. The second-order valence-electron chi connectivity index (χ2n) is 8.52. The molecular weight excluding hydrogens is 535 g/mol. The van der Waals surface area contributed by atoms with E-state index in [2.05, 4.69) is 4.98 Å². The summed E-state index contributed by atoms with van der Waals surface area (Å²) in [6.45, 7) is 0.0214. The van der Waals surface area contributed by atoms with Gasteiger partial charge in [-0.25, -0.2) is 9.78 Å². The fraction of sp³-hybridized carbons (Fsp3) is 0.222. The predicted octanol–water partition coefficient (Wildman–Crippen LogP) is 5.92. The van der Waals surface area contributed by atoms with Crippen molar-refractivity contribution in [2.45, 2.75) is 12.7 Å². The Hall–Kier alpha value is -4.32. The van der Waals surface area contributed by atoms with Gasteiger partial charge in [-0.05, 0) is 48.0 Å². The van der Waals surface area contributed by atoms with Gasteiger partial charge in [-0.2, -0.15) is 13.2 Å². The minimum absolute atomic E-state index is 0.160. The van der Waals surface area contributed by atoms with Crippen molar-refractivity contribution >= 4 is 38.7 Å². The molecule has 12 heteroatoms. The van der Waals surface area contributed by atoms with Gasteiger partial charge < -0.3 is 19.5 Å². The van der Waals surface area contributed by atoms with Gasteiger partial charge in [0, 0.05) is 13.6 Å². The van der Waals surface area contributed by atoms with Crippen LogP contribution in [0, 0.1) is 0 Å². The number of nitrogens with zero attached hydrogens (tertiary/aromatic N) is 3. The normalized spacial score (nSPS) is 11.3. The second kappa shape index (κ2) is 12.0. The van der Waals surface area contributed by atoms with E-state index in [4.69, 9.17) is 9.47 Å². The maximum absolute atomic E-state index is 13.0. The molecule has 39 heavy (non-hydrogen) atoms. The lowest BCUT2D eigenvalue weighted by Gasteiger charge is -2.21. The van der Waals surface area contributed by atoms with E-state index in [0.717, 1.165) is 32.4 Å². The molecule has 0 atom stereocenters. The fourth-order valence-corrected chi connectivity index (χ4v) is 4.58. The number of carbonyl (C=O) groups is 2. The van der Waals surface area contributed by atoms with Gasteiger partial charge in [0.25, 0.3) is 0 Å². The molecule has 3 aromatic carbocycles. The third-order valence-electron chi connectivity index (χ3n) is 5.53. The number of thiazole rings is 1. The minimum Gasteiger partial charge on any atom is -0.492 e. The quantitative estimate of drug-likeness (QED) is 0.258. The van der Waals surface area contributed by atoms with E-state index in [1.54, 1.807) is 35.6 Å². The molecule has 0 saturated carbocycles. The lowest BCUT2D eigenvalue weighted by Crippen LogP contribution is -2.37. The fourth-order valence-electron chi connectivity index (χ4n) is 3.62. The number of amides is 1. The van der Waals surface area contributed by atoms with E-state index >= 15 is 0 Å². The number of likely N-dealkylation sites (N-methyl/N-ethyl adjacent to an activating group) is 1. The van der Waals surface area contributed by atoms with Crippen LogP contribution in [0.3, 0.4) is 0 Å². The Morgan fingerprint density at radius 3 is 2.49 bits per heavy atom. The van der Waals surface area contributed by atoms with Gasteiger partial charge in [-0.3, -0.25) is 9.69 Å². The van der Waals surface area contributed by atoms with Crippen LogP contribution in [0.2, 0.25) is 0 Å². The smallest absolute Gasteiger partial charge is 0.416 e. The molecule has 0 bridgehead atoms. The van der Waals surface area contributed by atoms with Crippen LogP contribution in [0.4, 0.5) is 23.1 Å². The van der Waals surface area contributed by atoms with Crippen molar-refractivity contribution in [3.8, 4) is 11.5 Å². The highest BCUT2D eigenvalue weighted by Gasteiger charge is 2.31. The number of rotatable bonds is 10. The molecule has 4 rings (SSSR count). The Balaban J connectivity index is 1.37. The van der Waals surface area contributed by atoms with Crippen LogP contribution < -0.4 is 14.4 Å². The summed E-state index contributed by atoms with van der Waals surface area (Å²) in [5.74, 6) is -1.15. The SMILES string of the molecule is CN(CCOc1cccc(CN(CC(=O)O)C(=O)Oc2cccc(C(F)(F)F)c2)c1)c1nc2ccccc2s1. The van der Waals surface area contributed by atoms with Crippen molar-refractivity contribution in [2.75, 3.05) is 31.6 Å². The third-order valence-corrected chi connectivity index (χ3v) is 6.68. The predicted molar refractivity (Wildman–Crippen MR) is 140 cm³/mol. The van der Waals surface area contributed by atoms with Crippen molar-refractivity contribution in [3.05, 3.63) is 83.9 Å². The Kier molecular flexibility index (Phi) is 8.55. The zero-order valence-corrected chi connectivity index (χ0v) is 21.5. The van der Waals surface area contributed by atoms with Crippen LogP contribution >= 0.6 is 11.3 Å². The lowest BCUT2D eigenvalue weighted by atomic mass is 10.2. The molecule has 8 nitrogen and oxygen atoms in total. The Labute approximate surface area is 225 Å². The van der Waals surface area contributed by atoms with Gasteiger partial charge in [0.2, 0.25) is 0 Å². The summed E-state index contributed by atoms with van der Waals surface area (Å²) in [5.41, 5.74) is 0.487. The summed E-state index contributed by atoms with van der Waals surface area (Å²) in [4.78, 5) is 31.5. The number of ether oxygens (including phenoxy) is 2. The second-order valence-corrected chi connectivity index (χ2v) is 9.53. The minimum atomic E-state index is -4.62. The number of halogens is 3. The van der Waals surface area contributed by atoms with E-state index in [-0.39, 0.29) is 12.3 Å². The highest BCUT2D eigenvalue weighted by Crippen LogP contribution is 2.31. The molecule has 0 spiro atoms. The Bertz CT molecular complexity index is 1430. The van der Waals surface area contributed by atoms with Gasteiger partial charge in [0.05, 0.1) is 22.3 Å². The van der Waals surface area contributed by atoms with E-state index in [0.29, 0.717) is 30.5 Å². The van der Waals surface area contributed by atoms with Gasteiger partial charge in [0.1, 0.15) is 24.7 Å². The molecule has 0 radical (unpaired) electrons. The van der Waals surface area contributed by atoms with Crippen molar-refractivity contribution in [1.29, 1.82) is 0 Å². The number of anilines is 1. The maximum atomic E-state index is 13.0. The number of carboxylic acids is 1. The Morgan fingerprint density at radius 1 is 1.00 bits per heavy atom. The number of para-hydroxylation sites is 1. The van der Waals surface area contributed by atoms with E-state index < -0.39 is 30.3 Å². The molecule has 4 aromatic rings. The Morgan fingerprint density at radius 2 is 1.74 bits per heavy atom. The molecule has 0 fully saturated rings. The van der Waals surface area contributed by atoms with E-state index in [1.807, 2.05) is 36.2 Å². The number of benzene rings is 3. The molecule has 1 amide bonds. The molecule has 0 aliphatic heterocycles. The highest BCUT2D eigenvalue weighted by atomic mass is 32.1. The molecule has 1 N–H and O–H groups in total. The number of fused-ring (bicyclic) bond motifs is 1. The van der Waals surface area contributed by atoms with Crippen molar-refractivity contribution < 1.29 is 37.3 Å². The number of aliphatic carboxylic acids is 1. The first kappa shape index (κ1) is 27.7. The molecule has 0 aliphatic rings. The molecule has 0 unspecified atom stereocenters. The zero-order valence-electron chi connectivity index (χ0n) is 20.7. The highest BCUT2D eigenvalue weighted by molar-refractivity contribution is 7.22. The van der Waals surface area contributed by atoms with Crippen molar-refractivity contribution in [2.24, 2.45) is 0 Å². The summed E-state index contributed by atoms with van der Waals surface area (Å²) in [6.07, 6.45) is -5.72. The molecule has 0 aliphatic carbocycles. The number of hydrogen-bond acceptors (Lipinski definition) is 7. The molecule has 1 aromatic heterocycles. The summed E-state index contributed by atoms with van der Waals surface area (Å²) in [7, 11) is 1.91. The summed E-state index contributed by atoms with van der Waals surface area (Å²) in [5, 5.41) is 10.1. The number of aromatic nitrogens is 1. The van der Waals surface area contributed by atoms with Crippen LogP contribution in [0.5, 0.6) is 11.5 Å². The lowest BCUT2D eigenvalue weighted by molar-refractivity contribution is -0.138. The van der Waals surface area contributed by atoms with Crippen LogP contribution in [0.15, 0.2) is 72.8 Å². The molecular formula is C27H24F3N3O5S. The van der Waals surface area contributed by atoms with Gasteiger partial charge >= 0.3 is 18.2 Å². The molecule has 0 saturated heterocycles.